The number of aryl methyl sites for hydroxylation is 3. The molecule has 1 heteroatoms. The van der Waals surface area contributed by atoms with Gasteiger partial charge in [-0.25, -0.2) is 4.57 Å². The summed E-state index contributed by atoms with van der Waals surface area (Å²) in [6, 6.07) is 2.49. The van der Waals surface area contributed by atoms with Crippen LogP contribution in [0.2, 0.25) is 0 Å². The van der Waals surface area contributed by atoms with Gasteiger partial charge in [0.25, 0.3) is 0 Å². The first kappa shape index (κ1) is 40.2. The number of rotatable bonds is 34. The van der Waals surface area contributed by atoms with E-state index in [1.165, 1.54) is 218 Å². The zero-order chi connectivity index (χ0) is 30.9. The summed E-state index contributed by atoms with van der Waals surface area (Å²) in [6.07, 6.45) is 51.9. The fraction of sp³-hybridized carbons (Fsp3) is 0.881. The second kappa shape index (κ2) is 32.5. The molecule has 252 valence electrons. The lowest BCUT2D eigenvalue weighted by Gasteiger charge is -2.10. The van der Waals surface area contributed by atoms with Crippen molar-refractivity contribution in [3.05, 3.63) is 29.6 Å². The molecule has 0 aliphatic rings. The Morgan fingerprint density at radius 1 is 0.349 bits per heavy atom. The molecule has 0 saturated heterocycles. The van der Waals surface area contributed by atoms with E-state index in [0.717, 1.165) is 0 Å². The van der Waals surface area contributed by atoms with E-state index in [9.17, 15) is 0 Å². The van der Waals surface area contributed by atoms with Gasteiger partial charge in [-0.15, -0.1) is 0 Å². The fourth-order valence-corrected chi connectivity index (χ4v) is 6.79. The summed E-state index contributed by atoms with van der Waals surface area (Å²) in [5.74, 6) is 0. The van der Waals surface area contributed by atoms with Gasteiger partial charge in [0.15, 0.2) is 12.4 Å². The summed E-state index contributed by atoms with van der Waals surface area (Å²) in [4.78, 5) is 0. The largest absolute Gasteiger partial charge is 0.205 e. The Kier molecular flexibility index (Phi) is 30.4. The molecule has 0 unspecified atom stereocenters. The Morgan fingerprint density at radius 3 is 1.02 bits per heavy atom. The minimum atomic E-state index is 1.21. The molecule has 0 aromatic carbocycles. The van der Waals surface area contributed by atoms with Crippen LogP contribution in [-0.4, -0.2) is 0 Å². The topological polar surface area (TPSA) is 3.88 Å². The molecule has 1 aromatic heterocycles. The van der Waals surface area contributed by atoms with Gasteiger partial charge in [0, 0.05) is 18.1 Å². The summed E-state index contributed by atoms with van der Waals surface area (Å²) in [6.45, 7) is 8.15. The van der Waals surface area contributed by atoms with Crippen molar-refractivity contribution < 1.29 is 4.57 Å². The van der Waals surface area contributed by atoms with Gasteiger partial charge in [-0.2, -0.15) is 0 Å². The third-order valence-corrected chi connectivity index (χ3v) is 9.82. The second-order valence-electron chi connectivity index (χ2n) is 14.1. The van der Waals surface area contributed by atoms with Crippen LogP contribution < -0.4 is 4.57 Å². The molecule has 0 spiro atoms. The molecule has 0 radical (unpaired) electrons. The molecule has 0 amide bonds. The monoisotopic (exact) mass is 599 g/mol. The van der Waals surface area contributed by atoms with Gasteiger partial charge in [0.2, 0.25) is 0 Å². The zero-order valence-corrected chi connectivity index (χ0v) is 30.2. The van der Waals surface area contributed by atoms with Gasteiger partial charge in [-0.05, 0) is 37.7 Å². The van der Waals surface area contributed by atoms with Gasteiger partial charge in [0.1, 0.15) is 6.54 Å². The Balaban J connectivity index is 2.20. The highest BCUT2D eigenvalue weighted by atomic mass is 14.9. The standard InChI is InChI=1S/C42H80N/c1-4-7-10-13-16-17-18-19-20-21-22-23-24-25-28-31-34-38-43-39-37-41(35-32-29-26-14-11-8-5-2)42(40-43)36-33-30-27-15-12-9-6-3/h37,39-40H,4-36,38H2,1-3H3/q+1. The molecule has 0 aliphatic carbocycles. The molecule has 0 fully saturated rings. The maximum atomic E-state index is 2.54. The number of hydrogen-bond acceptors (Lipinski definition) is 0. The number of nitrogens with zero attached hydrogens (tertiary/aromatic N) is 1. The molecule has 1 nitrogen and oxygen atoms in total. The number of aromatic nitrogens is 1. The molecular formula is C42H80N+. The lowest BCUT2D eigenvalue weighted by Crippen LogP contribution is -2.34. The lowest BCUT2D eigenvalue weighted by atomic mass is 9.97. The normalized spacial score (nSPS) is 11.5. The predicted octanol–water partition coefficient (Wildman–Crippen LogP) is 14.2. The molecule has 1 aromatic rings. The molecule has 0 bridgehead atoms. The van der Waals surface area contributed by atoms with E-state index in [1.54, 1.807) is 11.1 Å². The van der Waals surface area contributed by atoms with Crippen molar-refractivity contribution in [1.29, 1.82) is 0 Å². The molecule has 1 rings (SSSR count). The maximum Gasteiger partial charge on any atom is 0.172 e. The van der Waals surface area contributed by atoms with Crippen molar-refractivity contribution in [3.8, 4) is 0 Å². The van der Waals surface area contributed by atoms with E-state index in [4.69, 9.17) is 0 Å². The van der Waals surface area contributed by atoms with Crippen LogP contribution in [0.4, 0.5) is 0 Å². The van der Waals surface area contributed by atoms with E-state index in [1.807, 2.05) is 0 Å². The Morgan fingerprint density at radius 2 is 0.651 bits per heavy atom. The molecule has 1 heterocycles. The van der Waals surface area contributed by atoms with Crippen LogP contribution in [0.5, 0.6) is 0 Å². The van der Waals surface area contributed by atoms with Crippen molar-refractivity contribution in [2.75, 3.05) is 0 Å². The van der Waals surface area contributed by atoms with Gasteiger partial charge < -0.3 is 0 Å². The highest BCUT2D eigenvalue weighted by Gasteiger charge is 2.10. The average Bonchev–Trinajstić information content (AvgIpc) is 3.02. The van der Waals surface area contributed by atoms with E-state index >= 15 is 0 Å². The van der Waals surface area contributed by atoms with Crippen molar-refractivity contribution in [2.45, 2.75) is 239 Å². The van der Waals surface area contributed by atoms with Crippen LogP contribution in [0.3, 0.4) is 0 Å². The van der Waals surface area contributed by atoms with Crippen LogP contribution in [0, 0.1) is 0 Å². The van der Waals surface area contributed by atoms with Gasteiger partial charge in [-0.3, -0.25) is 0 Å². The van der Waals surface area contributed by atoms with Gasteiger partial charge >= 0.3 is 0 Å². The Hall–Kier alpha value is -0.850. The lowest BCUT2D eigenvalue weighted by molar-refractivity contribution is -0.697. The van der Waals surface area contributed by atoms with Gasteiger partial charge in [-0.1, -0.05) is 194 Å². The summed E-state index contributed by atoms with van der Waals surface area (Å²) < 4.78 is 2.52. The molecule has 0 atom stereocenters. The molecule has 0 N–H and O–H groups in total. The minimum Gasteiger partial charge on any atom is -0.205 e. The summed E-state index contributed by atoms with van der Waals surface area (Å²) in [5, 5.41) is 0. The summed E-state index contributed by atoms with van der Waals surface area (Å²) in [7, 11) is 0. The molecule has 43 heavy (non-hydrogen) atoms. The maximum absolute atomic E-state index is 2.54. The summed E-state index contributed by atoms with van der Waals surface area (Å²) >= 11 is 0. The fourth-order valence-electron chi connectivity index (χ4n) is 6.79. The first-order chi connectivity index (χ1) is 21.3. The Bertz CT molecular complexity index is 679. The van der Waals surface area contributed by atoms with Crippen LogP contribution in [-0.2, 0) is 19.4 Å². The van der Waals surface area contributed by atoms with E-state index < -0.39 is 0 Å². The molecule has 0 aliphatic heterocycles. The van der Waals surface area contributed by atoms with Gasteiger partial charge in [0.05, 0.1) is 0 Å². The number of pyridine rings is 1. The van der Waals surface area contributed by atoms with Crippen molar-refractivity contribution in [1.82, 2.24) is 0 Å². The number of unbranched alkanes of at least 4 members (excludes halogenated alkanes) is 28. The SMILES string of the molecule is CCCCCCCCCCCCCCCCCCC[n+]1ccc(CCCCCCCCC)c(CCCCCCCCC)c1. The summed E-state index contributed by atoms with van der Waals surface area (Å²) in [5.41, 5.74) is 3.31. The molecular weight excluding hydrogens is 518 g/mol. The van der Waals surface area contributed by atoms with Crippen molar-refractivity contribution in [3.63, 3.8) is 0 Å². The number of hydrogen-bond donors (Lipinski definition) is 0. The first-order valence-corrected chi connectivity index (χ1v) is 20.3. The van der Waals surface area contributed by atoms with Crippen LogP contribution in [0.1, 0.15) is 231 Å². The minimum absolute atomic E-state index is 1.21. The average molecular weight is 599 g/mol. The first-order valence-electron chi connectivity index (χ1n) is 20.3. The highest BCUT2D eigenvalue weighted by molar-refractivity contribution is 5.21. The van der Waals surface area contributed by atoms with E-state index in [2.05, 4.69) is 43.8 Å². The predicted molar refractivity (Wildman–Crippen MR) is 194 cm³/mol. The van der Waals surface area contributed by atoms with E-state index in [0.29, 0.717) is 0 Å². The third kappa shape index (κ3) is 26.1. The van der Waals surface area contributed by atoms with Crippen LogP contribution in [0.15, 0.2) is 18.5 Å². The zero-order valence-electron chi connectivity index (χ0n) is 30.2. The second-order valence-corrected chi connectivity index (χ2v) is 14.1. The quantitative estimate of drug-likeness (QED) is 0.0549. The Labute approximate surface area is 272 Å². The highest BCUT2D eigenvalue weighted by Crippen LogP contribution is 2.18. The van der Waals surface area contributed by atoms with Crippen LogP contribution >= 0.6 is 0 Å². The third-order valence-electron chi connectivity index (χ3n) is 9.82. The molecule has 0 saturated carbocycles. The smallest absolute Gasteiger partial charge is 0.172 e. The van der Waals surface area contributed by atoms with Crippen molar-refractivity contribution in [2.24, 2.45) is 0 Å². The van der Waals surface area contributed by atoms with Crippen LogP contribution in [0.25, 0.3) is 0 Å². The van der Waals surface area contributed by atoms with Crippen molar-refractivity contribution >= 4 is 0 Å². The van der Waals surface area contributed by atoms with E-state index in [-0.39, 0.29) is 0 Å².